The van der Waals surface area contributed by atoms with Crippen LogP contribution in [0.25, 0.3) is 0 Å². The predicted octanol–water partition coefficient (Wildman–Crippen LogP) is 4.95. The lowest BCUT2D eigenvalue weighted by atomic mass is 9.63. The predicted molar refractivity (Wildman–Crippen MR) is 79.4 cm³/mol. The highest BCUT2D eigenvalue weighted by Gasteiger charge is 2.45. The molecule has 1 N–H and O–H groups in total. The number of nitrogens with zero attached hydrogens (tertiary/aromatic N) is 1. The average molecular weight is 391 g/mol. The number of hydrogen-bond acceptors (Lipinski definition) is 3. The van der Waals surface area contributed by atoms with E-state index in [1.807, 2.05) is 0 Å². The summed E-state index contributed by atoms with van der Waals surface area (Å²) in [5.74, 6) is 0.444. The van der Waals surface area contributed by atoms with Gasteiger partial charge in [0.1, 0.15) is 11.9 Å². The van der Waals surface area contributed by atoms with Crippen LogP contribution in [0.5, 0.6) is 0 Å². The molecule has 1 fully saturated rings. The third-order valence-corrected chi connectivity index (χ3v) is 5.89. The maximum absolute atomic E-state index is 10.5. The van der Waals surface area contributed by atoms with Gasteiger partial charge in [0.2, 0.25) is 0 Å². The third-order valence-electron chi connectivity index (χ3n) is 4.18. The highest BCUT2D eigenvalue weighted by Crippen LogP contribution is 2.51. The molecule has 0 saturated heterocycles. The topological polar surface area (TPSA) is 57.2 Å². The van der Waals surface area contributed by atoms with E-state index in [0.29, 0.717) is 23.3 Å². The van der Waals surface area contributed by atoms with Crippen LogP contribution in [-0.2, 0) is 0 Å². The van der Waals surface area contributed by atoms with Crippen LogP contribution in [0.1, 0.15) is 51.4 Å². The largest absolute Gasteiger partial charge is 0.450 e. The van der Waals surface area contributed by atoms with Crippen molar-refractivity contribution in [1.29, 1.82) is 5.26 Å². The van der Waals surface area contributed by atoms with Gasteiger partial charge in [-0.15, -0.1) is 0 Å². The summed E-state index contributed by atoms with van der Waals surface area (Å²) >= 11 is 6.59. The Hall–Kier alpha value is -0.310. The second-order valence-corrected chi connectivity index (χ2v) is 7.68. The van der Waals surface area contributed by atoms with E-state index in [0.717, 1.165) is 17.3 Å². The molecule has 0 aliphatic heterocycles. The maximum atomic E-state index is 10.5. The Balaban J connectivity index is 2.25. The molecule has 1 saturated carbocycles. The van der Waals surface area contributed by atoms with Gasteiger partial charge in [-0.2, -0.15) is 5.26 Å². The molecule has 0 amide bonds. The second kappa shape index (κ2) is 5.23. The fraction of sp³-hybridized carbons (Fsp3) is 0.643. The van der Waals surface area contributed by atoms with E-state index in [2.05, 4.69) is 51.8 Å². The van der Waals surface area contributed by atoms with Crippen molar-refractivity contribution in [3.05, 3.63) is 21.0 Å². The van der Waals surface area contributed by atoms with E-state index < -0.39 is 11.5 Å². The van der Waals surface area contributed by atoms with E-state index >= 15 is 0 Å². The fourth-order valence-electron chi connectivity index (χ4n) is 2.59. The van der Waals surface area contributed by atoms with Gasteiger partial charge in [0.05, 0.1) is 16.0 Å². The zero-order chi connectivity index (χ0) is 14.3. The monoisotopic (exact) mass is 389 g/mol. The van der Waals surface area contributed by atoms with E-state index in [9.17, 15) is 10.4 Å². The van der Waals surface area contributed by atoms with Gasteiger partial charge >= 0.3 is 0 Å². The summed E-state index contributed by atoms with van der Waals surface area (Å²) in [5, 5.41) is 20.1. The Kier molecular flexibility index (Phi) is 4.15. The van der Waals surface area contributed by atoms with Crippen molar-refractivity contribution in [2.24, 2.45) is 10.8 Å². The number of nitriles is 1. The SMILES string of the molecule is CC1(C)CCC(C#N)(C(O)c2cc(Br)c(Br)o2)CC1. The molecule has 0 radical (unpaired) electrons. The first kappa shape index (κ1) is 15.1. The molecule has 0 bridgehead atoms. The Morgan fingerprint density at radius 3 is 2.32 bits per heavy atom. The maximum Gasteiger partial charge on any atom is 0.183 e. The first-order valence-electron chi connectivity index (χ1n) is 6.34. The summed E-state index contributed by atoms with van der Waals surface area (Å²) in [7, 11) is 0. The molecular weight excluding hydrogens is 374 g/mol. The second-order valence-electron chi connectivity index (χ2n) is 6.11. The Labute approximate surface area is 130 Å². The molecule has 0 spiro atoms. The Morgan fingerprint density at radius 1 is 1.32 bits per heavy atom. The summed E-state index contributed by atoms with van der Waals surface area (Å²) in [6, 6.07) is 4.07. The van der Waals surface area contributed by atoms with Crippen molar-refractivity contribution in [3.8, 4) is 6.07 Å². The summed E-state index contributed by atoms with van der Waals surface area (Å²) in [5.41, 5.74) is -0.476. The van der Waals surface area contributed by atoms with Crippen LogP contribution in [0.2, 0.25) is 0 Å². The van der Waals surface area contributed by atoms with Crippen molar-refractivity contribution in [1.82, 2.24) is 0 Å². The molecule has 3 nitrogen and oxygen atoms in total. The standard InChI is InChI=1S/C14H17Br2NO2/c1-13(2)3-5-14(8-17,6-4-13)11(18)10-7-9(15)12(16)19-10/h7,11,18H,3-6H2,1-2H3. The highest BCUT2D eigenvalue weighted by atomic mass is 79.9. The van der Waals surface area contributed by atoms with Crippen LogP contribution < -0.4 is 0 Å². The molecule has 19 heavy (non-hydrogen) atoms. The van der Waals surface area contributed by atoms with Crippen LogP contribution >= 0.6 is 31.9 Å². The number of aliphatic hydroxyl groups excluding tert-OH is 1. The van der Waals surface area contributed by atoms with Gasteiger partial charge in [0.15, 0.2) is 4.67 Å². The minimum Gasteiger partial charge on any atom is -0.450 e. The Bertz CT molecular complexity index is 487. The van der Waals surface area contributed by atoms with Crippen LogP contribution in [-0.4, -0.2) is 5.11 Å². The van der Waals surface area contributed by atoms with Crippen molar-refractivity contribution in [2.45, 2.75) is 45.6 Å². The lowest BCUT2D eigenvalue weighted by Gasteiger charge is -2.41. The molecule has 1 unspecified atom stereocenters. The normalized spacial score (nSPS) is 22.7. The van der Waals surface area contributed by atoms with Crippen molar-refractivity contribution < 1.29 is 9.52 Å². The molecule has 1 atom stereocenters. The number of furan rings is 1. The highest BCUT2D eigenvalue weighted by molar-refractivity contribution is 9.13. The van der Waals surface area contributed by atoms with Crippen LogP contribution in [0.15, 0.2) is 19.6 Å². The van der Waals surface area contributed by atoms with Gasteiger partial charge in [0.25, 0.3) is 0 Å². The van der Waals surface area contributed by atoms with E-state index in [1.165, 1.54) is 0 Å². The lowest BCUT2D eigenvalue weighted by Crippen LogP contribution is -2.35. The van der Waals surface area contributed by atoms with E-state index in [4.69, 9.17) is 4.42 Å². The smallest absolute Gasteiger partial charge is 0.183 e. The molecule has 1 aliphatic rings. The van der Waals surface area contributed by atoms with Crippen molar-refractivity contribution in [3.63, 3.8) is 0 Å². The zero-order valence-electron chi connectivity index (χ0n) is 11.0. The molecule has 0 aromatic carbocycles. The molecule has 1 heterocycles. The molecule has 5 heteroatoms. The van der Waals surface area contributed by atoms with Crippen LogP contribution in [0.3, 0.4) is 0 Å². The fourth-order valence-corrected chi connectivity index (χ4v) is 3.20. The van der Waals surface area contributed by atoms with Gasteiger partial charge in [-0.05, 0) is 69.0 Å². The van der Waals surface area contributed by atoms with Crippen molar-refractivity contribution in [2.75, 3.05) is 0 Å². The Morgan fingerprint density at radius 2 is 1.89 bits per heavy atom. The summed E-state index contributed by atoms with van der Waals surface area (Å²) in [4.78, 5) is 0. The van der Waals surface area contributed by atoms with Gasteiger partial charge in [0, 0.05) is 0 Å². The first-order chi connectivity index (χ1) is 8.80. The van der Waals surface area contributed by atoms with Gasteiger partial charge < -0.3 is 9.52 Å². The summed E-state index contributed by atoms with van der Waals surface area (Å²) in [6.45, 7) is 4.42. The molecular formula is C14H17Br2NO2. The minimum atomic E-state index is -0.879. The third kappa shape index (κ3) is 2.91. The lowest BCUT2D eigenvalue weighted by molar-refractivity contribution is -0.00369. The van der Waals surface area contributed by atoms with Gasteiger partial charge in [-0.3, -0.25) is 0 Å². The summed E-state index contributed by atoms with van der Waals surface area (Å²) < 4.78 is 6.78. The molecule has 1 aliphatic carbocycles. The van der Waals surface area contributed by atoms with Crippen LogP contribution in [0.4, 0.5) is 0 Å². The first-order valence-corrected chi connectivity index (χ1v) is 7.92. The molecule has 104 valence electrons. The number of halogens is 2. The molecule has 2 rings (SSSR count). The van der Waals surface area contributed by atoms with E-state index in [1.54, 1.807) is 6.07 Å². The van der Waals surface area contributed by atoms with Crippen LogP contribution in [0, 0.1) is 22.2 Å². The van der Waals surface area contributed by atoms with Crippen molar-refractivity contribution >= 4 is 31.9 Å². The summed E-state index contributed by atoms with van der Waals surface area (Å²) in [6.07, 6.45) is 2.42. The molecule has 1 aromatic rings. The number of aliphatic hydroxyl groups is 1. The zero-order valence-corrected chi connectivity index (χ0v) is 14.2. The molecule has 1 aromatic heterocycles. The minimum absolute atomic E-state index is 0.254. The van der Waals surface area contributed by atoms with Gasteiger partial charge in [-0.25, -0.2) is 0 Å². The van der Waals surface area contributed by atoms with E-state index in [-0.39, 0.29) is 5.41 Å². The number of hydrogen-bond donors (Lipinski definition) is 1. The quantitative estimate of drug-likeness (QED) is 0.777. The number of rotatable bonds is 2. The van der Waals surface area contributed by atoms with Gasteiger partial charge in [-0.1, -0.05) is 13.8 Å². The average Bonchev–Trinajstić information content (AvgIpc) is 2.70.